The van der Waals surface area contributed by atoms with E-state index in [2.05, 4.69) is 28.8 Å². The summed E-state index contributed by atoms with van der Waals surface area (Å²) < 4.78 is 0. The highest BCUT2D eigenvalue weighted by Gasteiger charge is 2.26. The third-order valence-corrected chi connectivity index (χ3v) is 5.82. The van der Waals surface area contributed by atoms with Crippen molar-refractivity contribution < 1.29 is 9.59 Å². The van der Waals surface area contributed by atoms with E-state index in [1.54, 1.807) is 13.0 Å². The Labute approximate surface area is 167 Å². The fourth-order valence-corrected chi connectivity index (χ4v) is 4.21. The first-order chi connectivity index (χ1) is 13.4. The third kappa shape index (κ3) is 4.08. The van der Waals surface area contributed by atoms with Crippen molar-refractivity contribution >= 4 is 29.3 Å². The second-order valence-corrected chi connectivity index (χ2v) is 7.73. The normalized spacial score (nSPS) is 19.8. The molecule has 1 saturated carbocycles. The first-order valence-electron chi connectivity index (χ1n) is 9.96. The Balaban J connectivity index is 1.76. The van der Waals surface area contributed by atoms with Crippen LogP contribution in [0, 0.1) is 5.92 Å². The standard InChI is InChI=1S/C23H29N3O2/c1-5-18-19(11-8-12-21(18)26(4)17-9-6-7-10-17)22(27)24-14-20-15(2)13-16(3)25-23(20)28/h5,8,11-13,17,20H,1,6-7,9-10,14H2,2-4H3,(H,24,27). The average Bonchev–Trinajstić information content (AvgIpc) is 3.20. The van der Waals surface area contributed by atoms with Crippen LogP contribution >= 0.6 is 0 Å². The number of anilines is 1. The van der Waals surface area contributed by atoms with E-state index in [-0.39, 0.29) is 18.4 Å². The molecular weight excluding hydrogens is 350 g/mol. The van der Waals surface area contributed by atoms with Crippen molar-refractivity contribution in [3.05, 3.63) is 47.6 Å². The van der Waals surface area contributed by atoms with Gasteiger partial charge in [0.05, 0.1) is 5.92 Å². The zero-order chi connectivity index (χ0) is 20.3. The van der Waals surface area contributed by atoms with E-state index in [0.29, 0.717) is 17.3 Å². The number of hydrogen-bond donors (Lipinski definition) is 1. The van der Waals surface area contributed by atoms with Gasteiger partial charge in [0, 0.05) is 42.2 Å². The Kier molecular flexibility index (Phi) is 6.12. The zero-order valence-corrected chi connectivity index (χ0v) is 17.0. The van der Waals surface area contributed by atoms with E-state index in [1.807, 2.05) is 31.2 Å². The van der Waals surface area contributed by atoms with Gasteiger partial charge in [-0.3, -0.25) is 9.59 Å². The van der Waals surface area contributed by atoms with Gasteiger partial charge >= 0.3 is 0 Å². The number of nitrogens with one attached hydrogen (secondary N) is 1. The molecule has 148 valence electrons. The molecule has 1 heterocycles. The summed E-state index contributed by atoms with van der Waals surface area (Å²) in [6.07, 6.45) is 8.51. The van der Waals surface area contributed by atoms with Gasteiger partial charge in [-0.25, -0.2) is 4.99 Å². The van der Waals surface area contributed by atoms with Gasteiger partial charge in [-0.2, -0.15) is 0 Å². The highest BCUT2D eigenvalue weighted by atomic mass is 16.2. The molecular formula is C23H29N3O2. The number of carbonyl (C=O) groups excluding carboxylic acids is 2. The molecule has 5 nitrogen and oxygen atoms in total. The summed E-state index contributed by atoms with van der Waals surface area (Å²) >= 11 is 0. The van der Waals surface area contributed by atoms with Crippen LogP contribution in [0.1, 0.15) is 55.5 Å². The minimum absolute atomic E-state index is 0.191. The quantitative estimate of drug-likeness (QED) is 0.813. The number of rotatable bonds is 6. The summed E-state index contributed by atoms with van der Waals surface area (Å²) in [5.41, 5.74) is 4.09. The maximum atomic E-state index is 12.9. The monoisotopic (exact) mass is 379 g/mol. The van der Waals surface area contributed by atoms with Gasteiger partial charge in [-0.05, 0) is 44.9 Å². The van der Waals surface area contributed by atoms with E-state index in [4.69, 9.17) is 0 Å². The molecule has 1 N–H and O–H groups in total. The molecule has 1 aliphatic heterocycles. The van der Waals surface area contributed by atoms with Gasteiger partial charge in [-0.1, -0.05) is 37.1 Å². The van der Waals surface area contributed by atoms with Crippen molar-refractivity contribution in [2.45, 2.75) is 45.6 Å². The Morgan fingerprint density at radius 3 is 2.68 bits per heavy atom. The Morgan fingerprint density at radius 2 is 2.04 bits per heavy atom. The van der Waals surface area contributed by atoms with Gasteiger partial charge in [0.1, 0.15) is 0 Å². The minimum Gasteiger partial charge on any atom is -0.371 e. The number of nitrogens with zero attached hydrogens (tertiary/aromatic N) is 2. The van der Waals surface area contributed by atoms with Crippen LogP contribution in [0.4, 0.5) is 5.69 Å². The van der Waals surface area contributed by atoms with Crippen molar-refractivity contribution in [2.75, 3.05) is 18.5 Å². The smallest absolute Gasteiger partial charge is 0.254 e. The fraction of sp³-hybridized carbons (Fsp3) is 0.435. The van der Waals surface area contributed by atoms with Crippen LogP contribution in [-0.2, 0) is 4.79 Å². The van der Waals surface area contributed by atoms with Crippen LogP contribution in [0.3, 0.4) is 0 Å². The summed E-state index contributed by atoms with van der Waals surface area (Å²) in [5, 5.41) is 2.92. The van der Waals surface area contributed by atoms with Gasteiger partial charge in [0.25, 0.3) is 11.8 Å². The van der Waals surface area contributed by atoms with E-state index >= 15 is 0 Å². The van der Waals surface area contributed by atoms with Gasteiger partial charge in [-0.15, -0.1) is 0 Å². The van der Waals surface area contributed by atoms with Crippen LogP contribution < -0.4 is 10.2 Å². The summed E-state index contributed by atoms with van der Waals surface area (Å²) in [5.74, 6) is -0.788. The lowest BCUT2D eigenvalue weighted by atomic mass is 9.95. The van der Waals surface area contributed by atoms with Crippen molar-refractivity contribution in [3.8, 4) is 0 Å². The molecule has 3 rings (SSSR count). The predicted molar refractivity (Wildman–Crippen MR) is 115 cm³/mol. The van der Waals surface area contributed by atoms with E-state index in [1.165, 1.54) is 25.7 Å². The molecule has 0 aromatic heterocycles. The second kappa shape index (κ2) is 8.55. The number of aliphatic imine (C=N–C) groups is 1. The number of allylic oxidation sites excluding steroid dienone is 1. The molecule has 0 bridgehead atoms. The van der Waals surface area contributed by atoms with Crippen LogP contribution in [0.25, 0.3) is 6.08 Å². The lowest BCUT2D eigenvalue weighted by molar-refractivity contribution is -0.120. The minimum atomic E-state index is -0.399. The molecule has 1 aliphatic carbocycles. The van der Waals surface area contributed by atoms with E-state index < -0.39 is 5.92 Å². The molecule has 1 aromatic carbocycles. The fourth-order valence-electron chi connectivity index (χ4n) is 4.21. The number of hydrogen-bond acceptors (Lipinski definition) is 3. The van der Waals surface area contributed by atoms with Crippen molar-refractivity contribution in [2.24, 2.45) is 10.9 Å². The number of benzene rings is 1. The number of carbonyl (C=O) groups is 2. The summed E-state index contributed by atoms with van der Waals surface area (Å²) in [6, 6.07) is 6.27. The maximum Gasteiger partial charge on any atom is 0.254 e. The molecule has 5 heteroatoms. The topological polar surface area (TPSA) is 61.8 Å². The second-order valence-electron chi connectivity index (χ2n) is 7.73. The molecule has 0 radical (unpaired) electrons. The molecule has 1 fully saturated rings. The Hall–Kier alpha value is -2.69. The highest BCUT2D eigenvalue weighted by molar-refractivity contribution is 6.06. The Morgan fingerprint density at radius 1 is 1.32 bits per heavy atom. The molecule has 0 spiro atoms. The first kappa shape index (κ1) is 20.1. The van der Waals surface area contributed by atoms with Gasteiger partial charge in [0.15, 0.2) is 0 Å². The highest BCUT2D eigenvalue weighted by Crippen LogP contribution is 2.31. The number of amides is 2. The van der Waals surface area contributed by atoms with Gasteiger partial charge < -0.3 is 10.2 Å². The van der Waals surface area contributed by atoms with Crippen LogP contribution in [0.15, 0.2) is 41.4 Å². The molecule has 1 atom stereocenters. The third-order valence-electron chi connectivity index (χ3n) is 5.82. The largest absolute Gasteiger partial charge is 0.371 e. The molecule has 2 aliphatic rings. The molecule has 28 heavy (non-hydrogen) atoms. The van der Waals surface area contributed by atoms with E-state index in [0.717, 1.165) is 16.8 Å². The lowest BCUT2D eigenvalue weighted by Crippen LogP contribution is -2.35. The maximum absolute atomic E-state index is 12.9. The van der Waals surface area contributed by atoms with Crippen molar-refractivity contribution in [3.63, 3.8) is 0 Å². The average molecular weight is 380 g/mol. The molecule has 1 unspecified atom stereocenters. The Bertz CT molecular complexity index is 847. The first-order valence-corrected chi connectivity index (χ1v) is 9.96. The van der Waals surface area contributed by atoms with Gasteiger partial charge in [0.2, 0.25) is 0 Å². The predicted octanol–water partition coefficient (Wildman–Crippen LogP) is 4.00. The lowest BCUT2D eigenvalue weighted by Gasteiger charge is -2.29. The van der Waals surface area contributed by atoms with Crippen molar-refractivity contribution in [1.29, 1.82) is 0 Å². The van der Waals surface area contributed by atoms with Crippen LogP contribution in [-0.4, -0.2) is 37.2 Å². The van der Waals surface area contributed by atoms with Crippen LogP contribution in [0.2, 0.25) is 0 Å². The molecule has 1 aromatic rings. The summed E-state index contributed by atoms with van der Waals surface area (Å²) in [6.45, 7) is 7.89. The van der Waals surface area contributed by atoms with Crippen LogP contribution in [0.5, 0.6) is 0 Å². The zero-order valence-electron chi connectivity index (χ0n) is 17.0. The summed E-state index contributed by atoms with van der Waals surface area (Å²) in [7, 11) is 2.09. The molecule has 2 amide bonds. The van der Waals surface area contributed by atoms with Crippen molar-refractivity contribution in [1.82, 2.24) is 5.32 Å². The summed E-state index contributed by atoms with van der Waals surface area (Å²) in [4.78, 5) is 31.4. The SMILES string of the molecule is C=Cc1c(C(=O)NCC2C(=O)N=C(C)C=C2C)cccc1N(C)C1CCCC1. The molecule has 0 saturated heterocycles. The van der Waals surface area contributed by atoms with E-state index in [9.17, 15) is 9.59 Å². The number of dihydropyridines is 1.